The molecule has 1 fully saturated rings. The topological polar surface area (TPSA) is 66.5 Å². The lowest BCUT2D eigenvalue weighted by Crippen LogP contribution is -2.43. The number of hydrogen-bond acceptors (Lipinski definition) is 4. The van der Waals surface area contributed by atoms with Crippen molar-refractivity contribution in [2.24, 2.45) is 5.92 Å². The molecule has 2 aromatic rings. The molecule has 5 nitrogen and oxygen atoms in total. The van der Waals surface area contributed by atoms with Gasteiger partial charge in [0.15, 0.2) is 0 Å². The summed E-state index contributed by atoms with van der Waals surface area (Å²) in [5.74, 6) is -0.434. The van der Waals surface area contributed by atoms with Crippen LogP contribution in [0.2, 0.25) is 0 Å². The average molecular weight is 419 g/mol. The van der Waals surface area contributed by atoms with Crippen molar-refractivity contribution in [1.29, 1.82) is 0 Å². The monoisotopic (exact) mass is 418 g/mol. The molecule has 1 N–H and O–H groups in total. The highest BCUT2D eigenvalue weighted by Gasteiger charge is 2.30. The number of carbonyl (C=O) groups excluding carboxylic acids is 1. The minimum atomic E-state index is -3.26. The molecule has 0 saturated carbocycles. The van der Waals surface area contributed by atoms with Gasteiger partial charge in [-0.15, -0.1) is 0 Å². The minimum absolute atomic E-state index is 0.122. The van der Waals surface area contributed by atoms with Gasteiger partial charge in [0.2, 0.25) is 15.9 Å². The van der Waals surface area contributed by atoms with Crippen molar-refractivity contribution in [3.05, 3.63) is 53.6 Å². The molecule has 7 heteroatoms. The standard InChI is InChI=1S/C21H26N2O3S2/c1-15-6-11-20(16(2)13-15)27-19-9-7-18(8-10-19)22-21(24)17-5-4-12-23(14-17)28(3,25)26/h6-11,13,17H,4-5,12,14H2,1-3H3,(H,22,24). The molecule has 1 aliphatic heterocycles. The van der Waals surface area contributed by atoms with E-state index in [-0.39, 0.29) is 18.4 Å². The molecule has 28 heavy (non-hydrogen) atoms. The molecule has 150 valence electrons. The number of piperidine rings is 1. The van der Waals surface area contributed by atoms with E-state index in [9.17, 15) is 13.2 Å². The second-order valence-corrected chi connectivity index (χ2v) is 10.4. The molecule has 2 aromatic carbocycles. The highest BCUT2D eigenvalue weighted by Crippen LogP contribution is 2.31. The number of nitrogens with zero attached hydrogens (tertiary/aromatic N) is 1. The molecule has 0 aromatic heterocycles. The fourth-order valence-electron chi connectivity index (χ4n) is 3.35. The Kier molecular flexibility index (Phi) is 6.47. The molecule has 0 aliphatic carbocycles. The van der Waals surface area contributed by atoms with Crippen LogP contribution < -0.4 is 5.32 Å². The van der Waals surface area contributed by atoms with Gasteiger partial charge in [-0.2, -0.15) is 0 Å². The Morgan fingerprint density at radius 1 is 1.14 bits per heavy atom. The average Bonchev–Trinajstić information content (AvgIpc) is 2.65. The maximum Gasteiger partial charge on any atom is 0.228 e. The molecule has 1 heterocycles. The third-order valence-electron chi connectivity index (χ3n) is 4.90. The Hall–Kier alpha value is -1.83. The van der Waals surface area contributed by atoms with Gasteiger partial charge in [0.05, 0.1) is 12.2 Å². The number of sulfonamides is 1. The number of nitrogens with one attached hydrogen (secondary N) is 1. The predicted molar refractivity (Wildman–Crippen MR) is 114 cm³/mol. The van der Waals surface area contributed by atoms with Crippen LogP contribution in [0, 0.1) is 19.8 Å². The number of aryl methyl sites for hydroxylation is 2. The number of rotatable bonds is 5. The summed E-state index contributed by atoms with van der Waals surface area (Å²) in [4.78, 5) is 14.9. The Labute approximate surface area is 171 Å². The highest BCUT2D eigenvalue weighted by atomic mass is 32.2. The summed E-state index contributed by atoms with van der Waals surface area (Å²) in [6.45, 7) is 4.94. The Balaban J connectivity index is 1.61. The maximum atomic E-state index is 12.6. The molecule has 1 saturated heterocycles. The van der Waals surface area contributed by atoms with Crippen LogP contribution in [0.5, 0.6) is 0 Å². The number of hydrogen-bond donors (Lipinski definition) is 1. The van der Waals surface area contributed by atoms with E-state index in [1.54, 1.807) is 11.8 Å². The van der Waals surface area contributed by atoms with Gasteiger partial charge in [-0.05, 0) is 62.6 Å². The van der Waals surface area contributed by atoms with Crippen LogP contribution in [-0.4, -0.2) is 38.0 Å². The molecule has 1 atom stereocenters. The quantitative estimate of drug-likeness (QED) is 0.795. The van der Waals surface area contributed by atoms with Crippen molar-refractivity contribution in [3.8, 4) is 0 Å². The first-order valence-corrected chi connectivity index (χ1v) is 12.0. The van der Waals surface area contributed by atoms with Crippen LogP contribution in [0.1, 0.15) is 24.0 Å². The molecule has 1 unspecified atom stereocenters. The zero-order chi connectivity index (χ0) is 20.3. The Bertz CT molecular complexity index is 956. The van der Waals surface area contributed by atoms with Crippen LogP contribution in [0.4, 0.5) is 5.69 Å². The highest BCUT2D eigenvalue weighted by molar-refractivity contribution is 7.99. The van der Waals surface area contributed by atoms with Gasteiger partial charge >= 0.3 is 0 Å². The van der Waals surface area contributed by atoms with Crippen LogP contribution in [-0.2, 0) is 14.8 Å². The molecule has 3 rings (SSSR count). The molecule has 1 amide bonds. The van der Waals surface area contributed by atoms with Gasteiger partial charge in [-0.1, -0.05) is 29.5 Å². The fraction of sp³-hybridized carbons (Fsp3) is 0.381. The third kappa shape index (κ3) is 5.37. The van der Waals surface area contributed by atoms with Gasteiger partial charge in [-0.25, -0.2) is 12.7 Å². The van der Waals surface area contributed by atoms with Gasteiger partial charge in [-0.3, -0.25) is 4.79 Å². The van der Waals surface area contributed by atoms with E-state index < -0.39 is 10.0 Å². The van der Waals surface area contributed by atoms with E-state index in [0.29, 0.717) is 19.4 Å². The lowest BCUT2D eigenvalue weighted by Gasteiger charge is -2.30. The number of carbonyl (C=O) groups is 1. The van der Waals surface area contributed by atoms with E-state index in [4.69, 9.17) is 0 Å². The minimum Gasteiger partial charge on any atom is -0.326 e. The zero-order valence-corrected chi connectivity index (χ0v) is 18.1. The number of benzene rings is 2. The van der Waals surface area contributed by atoms with Gasteiger partial charge in [0.1, 0.15) is 0 Å². The first-order valence-electron chi connectivity index (χ1n) is 9.33. The van der Waals surface area contributed by atoms with Crippen LogP contribution in [0.3, 0.4) is 0 Å². The summed E-state index contributed by atoms with van der Waals surface area (Å²) in [5, 5.41) is 2.92. The van der Waals surface area contributed by atoms with Gasteiger partial charge < -0.3 is 5.32 Å². The van der Waals surface area contributed by atoms with Crippen molar-refractivity contribution in [2.75, 3.05) is 24.7 Å². The second-order valence-electron chi connectivity index (χ2n) is 7.34. The lowest BCUT2D eigenvalue weighted by atomic mass is 9.99. The molecule has 0 bridgehead atoms. The van der Waals surface area contributed by atoms with Crippen LogP contribution >= 0.6 is 11.8 Å². The van der Waals surface area contributed by atoms with Gasteiger partial charge in [0, 0.05) is 28.6 Å². The fourth-order valence-corrected chi connectivity index (χ4v) is 5.14. The molecule has 1 aliphatic rings. The van der Waals surface area contributed by atoms with Crippen molar-refractivity contribution < 1.29 is 13.2 Å². The normalized spacial score (nSPS) is 18.0. The van der Waals surface area contributed by atoms with Crippen LogP contribution in [0.15, 0.2) is 52.3 Å². The van der Waals surface area contributed by atoms with E-state index in [1.807, 2.05) is 24.3 Å². The summed E-state index contributed by atoms with van der Waals surface area (Å²) < 4.78 is 24.9. The summed E-state index contributed by atoms with van der Waals surface area (Å²) in [5.41, 5.74) is 3.22. The van der Waals surface area contributed by atoms with E-state index in [0.717, 1.165) is 10.6 Å². The van der Waals surface area contributed by atoms with Crippen molar-refractivity contribution >= 4 is 33.4 Å². The molecule has 0 radical (unpaired) electrons. The first kappa shape index (κ1) is 20.9. The van der Waals surface area contributed by atoms with E-state index in [2.05, 4.69) is 37.4 Å². The molecular weight excluding hydrogens is 392 g/mol. The Morgan fingerprint density at radius 2 is 1.86 bits per heavy atom. The van der Waals surface area contributed by atoms with E-state index >= 15 is 0 Å². The summed E-state index contributed by atoms with van der Waals surface area (Å²) in [7, 11) is -3.26. The summed E-state index contributed by atoms with van der Waals surface area (Å²) >= 11 is 1.70. The lowest BCUT2D eigenvalue weighted by molar-refractivity contribution is -0.120. The van der Waals surface area contributed by atoms with Crippen molar-refractivity contribution in [3.63, 3.8) is 0 Å². The molecular formula is C21H26N2O3S2. The molecule has 0 spiro atoms. The van der Waals surface area contributed by atoms with E-state index in [1.165, 1.54) is 26.6 Å². The summed E-state index contributed by atoms with van der Waals surface area (Å²) in [6, 6.07) is 14.2. The first-order chi connectivity index (χ1) is 13.2. The van der Waals surface area contributed by atoms with Gasteiger partial charge in [0.25, 0.3) is 0 Å². The smallest absolute Gasteiger partial charge is 0.228 e. The van der Waals surface area contributed by atoms with Crippen molar-refractivity contribution in [2.45, 2.75) is 36.5 Å². The zero-order valence-electron chi connectivity index (χ0n) is 16.4. The summed E-state index contributed by atoms with van der Waals surface area (Å²) in [6.07, 6.45) is 2.61. The number of anilines is 1. The largest absolute Gasteiger partial charge is 0.326 e. The third-order valence-corrected chi connectivity index (χ3v) is 7.36. The van der Waals surface area contributed by atoms with Crippen molar-refractivity contribution in [1.82, 2.24) is 4.31 Å². The number of amides is 1. The van der Waals surface area contributed by atoms with Crippen LogP contribution in [0.25, 0.3) is 0 Å². The maximum absolute atomic E-state index is 12.6. The SMILES string of the molecule is Cc1ccc(Sc2ccc(NC(=O)C3CCCN(S(C)(=O)=O)C3)cc2)c(C)c1. The predicted octanol–water partition coefficient (Wildman–Crippen LogP) is 4.06. The second kappa shape index (κ2) is 8.68. The Morgan fingerprint density at radius 3 is 2.50 bits per heavy atom.